The molecule has 0 saturated heterocycles. The van der Waals surface area contributed by atoms with Gasteiger partial charge in [-0.05, 0) is 69.9 Å². The lowest BCUT2D eigenvalue weighted by molar-refractivity contribution is 0.0885. The summed E-state index contributed by atoms with van der Waals surface area (Å²) in [6, 6.07) is 12.3. The minimum atomic E-state index is 0.00354. The normalized spacial score (nSPS) is 19.5. The molecular formula is C23H27N3O2. The van der Waals surface area contributed by atoms with Crippen LogP contribution >= 0.6 is 0 Å². The van der Waals surface area contributed by atoms with Gasteiger partial charge in [0.05, 0.1) is 11.8 Å². The molecule has 0 aliphatic heterocycles. The molecule has 2 heterocycles. The fraction of sp³-hybridized carbons (Fsp3) is 0.391. The molecule has 0 unspecified atom stereocenters. The molecule has 5 heteroatoms. The standard InChI is InChI=1S/C23H27N3O2/c1-15-6-11-20-17(13-15)14-21(26(20)3)23(27)25-18-7-9-19(10-8-18)28-22-5-4-12-24-16(22)2/h4-6,11-14,18-19H,7-10H2,1-3H3,(H,25,27). The van der Waals surface area contributed by atoms with Crippen LogP contribution in [0, 0.1) is 13.8 Å². The van der Waals surface area contributed by atoms with Crippen LogP contribution in [0.4, 0.5) is 0 Å². The van der Waals surface area contributed by atoms with Crippen LogP contribution in [0.15, 0.2) is 42.6 Å². The van der Waals surface area contributed by atoms with Gasteiger partial charge in [0.2, 0.25) is 0 Å². The van der Waals surface area contributed by atoms with Gasteiger partial charge in [-0.25, -0.2) is 0 Å². The van der Waals surface area contributed by atoms with Crippen LogP contribution in [0.2, 0.25) is 0 Å². The van der Waals surface area contributed by atoms with Crippen molar-refractivity contribution in [3.8, 4) is 5.75 Å². The lowest BCUT2D eigenvalue weighted by Crippen LogP contribution is -2.40. The summed E-state index contributed by atoms with van der Waals surface area (Å²) in [5.41, 5.74) is 3.92. The quantitative estimate of drug-likeness (QED) is 0.737. The third-order valence-electron chi connectivity index (χ3n) is 5.69. The summed E-state index contributed by atoms with van der Waals surface area (Å²) in [6.07, 6.45) is 5.71. The smallest absolute Gasteiger partial charge is 0.268 e. The Hall–Kier alpha value is -2.82. The van der Waals surface area contributed by atoms with Crippen LogP contribution in [0.1, 0.15) is 47.4 Å². The molecule has 1 fully saturated rings. The second kappa shape index (κ2) is 7.66. The van der Waals surface area contributed by atoms with Crippen LogP contribution in [0.25, 0.3) is 10.9 Å². The molecule has 1 N–H and O–H groups in total. The van der Waals surface area contributed by atoms with Gasteiger partial charge in [0, 0.05) is 30.2 Å². The Morgan fingerprint density at radius 2 is 1.93 bits per heavy atom. The Balaban J connectivity index is 1.36. The van der Waals surface area contributed by atoms with Gasteiger partial charge < -0.3 is 14.6 Å². The highest BCUT2D eigenvalue weighted by molar-refractivity contribution is 5.99. The number of ether oxygens (including phenoxy) is 1. The first-order valence-corrected chi connectivity index (χ1v) is 9.96. The number of nitrogens with one attached hydrogen (secondary N) is 1. The molecule has 0 atom stereocenters. The van der Waals surface area contributed by atoms with Gasteiger partial charge in [0.15, 0.2) is 0 Å². The molecule has 0 spiro atoms. The number of pyridine rings is 1. The van der Waals surface area contributed by atoms with Crippen LogP contribution in [-0.4, -0.2) is 27.6 Å². The van der Waals surface area contributed by atoms with E-state index >= 15 is 0 Å². The Bertz CT molecular complexity index is 1000. The lowest BCUT2D eigenvalue weighted by atomic mass is 9.92. The van der Waals surface area contributed by atoms with Gasteiger partial charge in [-0.1, -0.05) is 11.6 Å². The minimum Gasteiger partial charge on any atom is -0.489 e. The number of carbonyl (C=O) groups is 1. The van der Waals surface area contributed by atoms with Crippen molar-refractivity contribution in [1.82, 2.24) is 14.9 Å². The van der Waals surface area contributed by atoms with Gasteiger partial charge in [-0.15, -0.1) is 0 Å². The number of aromatic nitrogens is 2. The van der Waals surface area contributed by atoms with Crippen molar-refractivity contribution in [3.05, 3.63) is 59.5 Å². The molecule has 146 valence electrons. The lowest BCUT2D eigenvalue weighted by Gasteiger charge is -2.29. The van der Waals surface area contributed by atoms with Crippen LogP contribution < -0.4 is 10.1 Å². The van der Waals surface area contributed by atoms with E-state index in [1.807, 2.05) is 36.7 Å². The maximum absolute atomic E-state index is 12.8. The van der Waals surface area contributed by atoms with Crippen LogP contribution in [0.5, 0.6) is 5.75 Å². The van der Waals surface area contributed by atoms with Crippen molar-refractivity contribution in [2.24, 2.45) is 7.05 Å². The van der Waals surface area contributed by atoms with Crippen molar-refractivity contribution < 1.29 is 9.53 Å². The van der Waals surface area contributed by atoms with Gasteiger partial charge >= 0.3 is 0 Å². The van der Waals surface area contributed by atoms with E-state index in [0.717, 1.165) is 48.0 Å². The maximum atomic E-state index is 12.8. The summed E-state index contributed by atoms with van der Waals surface area (Å²) in [4.78, 5) is 17.1. The topological polar surface area (TPSA) is 56.1 Å². The Kier molecular flexibility index (Phi) is 5.07. The highest BCUT2D eigenvalue weighted by Gasteiger charge is 2.25. The number of hydrogen-bond donors (Lipinski definition) is 1. The third-order valence-corrected chi connectivity index (χ3v) is 5.69. The molecular weight excluding hydrogens is 350 g/mol. The number of hydrogen-bond acceptors (Lipinski definition) is 3. The fourth-order valence-corrected chi connectivity index (χ4v) is 4.04. The Morgan fingerprint density at radius 3 is 2.68 bits per heavy atom. The molecule has 0 bridgehead atoms. The van der Waals surface area contributed by atoms with Crippen molar-refractivity contribution in [1.29, 1.82) is 0 Å². The van der Waals surface area contributed by atoms with E-state index in [2.05, 4.69) is 35.4 Å². The zero-order chi connectivity index (χ0) is 19.7. The van der Waals surface area contributed by atoms with Gasteiger partial charge in [-0.3, -0.25) is 9.78 Å². The highest BCUT2D eigenvalue weighted by Crippen LogP contribution is 2.26. The van der Waals surface area contributed by atoms with Crippen molar-refractivity contribution in [3.63, 3.8) is 0 Å². The first kappa shape index (κ1) is 18.5. The minimum absolute atomic E-state index is 0.00354. The molecule has 1 amide bonds. The van der Waals surface area contributed by atoms with E-state index < -0.39 is 0 Å². The number of carbonyl (C=O) groups excluding carboxylic acids is 1. The fourth-order valence-electron chi connectivity index (χ4n) is 4.04. The average molecular weight is 377 g/mol. The van der Waals surface area contributed by atoms with E-state index in [1.165, 1.54) is 5.56 Å². The summed E-state index contributed by atoms with van der Waals surface area (Å²) in [5.74, 6) is 0.865. The molecule has 0 radical (unpaired) electrons. The highest BCUT2D eigenvalue weighted by atomic mass is 16.5. The number of nitrogens with zero attached hydrogens (tertiary/aromatic N) is 2. The Labute approximate surface area is 165 Å². The van der Waals surface area contributed by atoms with E-state index in [4.69, 9.17) is 4.74 Å². The predicted molar refractivity (Wildman–Crippen MR) is 111 cm³/mol. The number of benzene rings is 1. The summed E-state index contributed by atoms with van der Waals surface area (Å²) in [7, 11) is 1.95. The summed E-state index contributed by atoms with van der Waals surface area (Å²) in [5, 5.41) is 4.33. The van der Waals surface area contributed by atoms with Gasteiger partial charge in [0.25, 0.3) is 5.91 Å². The first-order valence-electron chi connectivity index (χ1n) is 9.96. The van der Waals surface area contributed by atoms with E-state index in [-0.39, 0.29) is 18.1 Å². The first-order chi connectivity index (χ1) is 13.5. The molecule has 1 aliphatic carbocycles. The second-order valence-corrected chi connectivity index (χ2v) is 7.80. The number of aryl methyl sites for hydroxylation is 3. The van der Waals surface area contributed by atoms with Crippen LogP contribution in [-0.2, 0) is 7.05 Å². The van der Waals surface area contributed by atoms with Crippen molar-refractivity contribution in [2.75, 3.05) is 0 Å². The summed E-state index contributed by atoms with van der Waals surface area (Å²) >= 11 is 0. The SMILES string of the molecule is Cc1ccc2c(c1)cc(C(=O)NC1CCC(Oc3cccnc3C)CC1)n2C. The van der Waals surface area contributed by atoms with E-state index in [1.54, 1.807) is 6.20 Å². The molecule has 1 saturated carbocycles. The number of rotatable bonds is 4. The molecule has 2 aromatic heterocycles. The molecule has 5 nitrogen and oxygen atoms in total. The zero-order valence-electron chi connectivity index (χ0n) is 16.7. The molecule has 3 aromatic rings. The molecule has 1 aliphatic rings. The largest absolute Gasteiger partial charge is 0.489 e. The van der Waals surface area contributed by atoms with Gasteiger partial charge in [0.1, 0.15) is 11.4 Å². The van der Waals surface area contributed by atoms with Crippen molar-refractivity contribution >= 4 is 16.8 Å². The molecule has 28 heavy (non-hydrogen) atoms. The maximum Gasteiger partial charge on any atom is 0.268 e. The predicted octanol–water partition coefficient (Wildman–Crippen LogP) is 4.31. The Morgan fingerprint density at radius 1 is 1.14 bits per heavy atom. The third kappa shape index (κ3) is 3.75. The van der Waals surface area contributed by atoms with Gasteiger partial charge in [-0.2, -0.15) is 0 Å². The number of fused-ring (bicyclic) bond motifs is 1. The van der Waals surface area contributed by atoms with Crippen molar-refractivity contribution in [2.45, 2.75) is 51.7 Å². The monoisotopic (exact) mass is 377 g/mol. The second-order valence-electron chi connectivity index (χ2n) is 7.80. The summed E-state index contributed by atoms with van der Waals surface area (Å²) < 4.78 is 8.09. The summed E-state index contributed by atoms with van der Waals surface area (Å²) in [6.45, 7) is 4.03. The number of amides is 1. The average Bonchev–Trinajstić information content (AvgIpc) is 3.01. The molecule has 4 rings (SSSR count). The molecule has 1 aromatic carbocycles. The van der Waals surface area contributed by atoms with E-state index in [9.17, 15) is 4.79 Å². The van der Waals surface area contributed by atoms with Crippen LogP contribution in [0.3, 0.4) is 0 Å². The zero-order valence-corrected chi connectivity index (χ0v) is 16.7. The van der Waals surface area contributed by atoms with E-state index in [0.29, 0.717) is 5.69 Å².